The van der Waals surface area contributed by atoms with Crippen molar-refractivity contribution >= 4 is 44.8 Å². The first-order chi connectivity index (χ1) is 15.2. The zero-order valence-corrected chi connectivity index (χ0v) is 19.1. The SMILES string of the molecule is Cc1ccc(C(=O)NCC2CCCO2)cc1NC1=C(Cl)C(=O)N(C2CCS(=O)(=O)C2)C1=O. The molecule has 0 spiro atoms. The number of carbonyl (C=O) groups is 3. The number of anilines is 1. The fourth-order valence-electron chi connectivity index (χ4n) is 4.08. The van der Waals surface area contributed by atoms with Crippen LogP contribution in [0.5, 0.6) is 0 Å². The third-order valence-corrected chi connectivity index (χ3v) is 8.01. The monoisotopic (exact) mass is 481 g/mol. The van der Waals surface area contributed by atoms with Gasteiger partial charge in [0.1, 0.15) is 10.7 Å². The van der Waals surface area contributed by atoms with E-state index in [0.717, 1.165) is 23.3 Å². The van der Waals surface area contributed by atoms with Gasteiger partial charge < -0.3 is 15.4 Å². The first kappa shape index (κ1) is 22.8. The molecule has 9 nitrogen and oxygen atoms in total. The van der Waals surface area contributed by atoms with Crippen LogP contribution >= 0.6 is 11.6 Å². The molecule has 2 atom stereocenters. The fraction of sp³-hybridized carbons (Fsp3) is 0.476. The van der Waals surface area contributed by atoms with Crippen LogP contribution in [0.15, 0.2) is 28.9 Å². The highest BCUT2D eigenvalue weighted by Crippen LogP contribution is 2.31. The van der Waals surface area contributed by atoms with E-state index < -0.39 is 27.7 Å². The summed E-state index contributed by atoms with van der Waals surface area (Å²) < 4.78 is 29.1. The summed E-state index contributed by atoms with van der Waals surface area (Å²) >= 11 is 6.16. The average Bonchev–Trinajstić information content (AvgIpc) is 3.44. The van der Waals surface area contributed by atoms with Crippen LogP contribution in [0.4, 0.5) is 5.69 Å². The summed E-state index contributed by atoms with van der Waals surface area (Å²) in [6, 6.07) is 4.24. The van der Waals surface area contributed by atoms with Crippen LogP contribution in [0, 0.1) is 6.92 Å². The molecule has 2 unspecified atom stereocenters. The standard InChI is InChI=1S/C21H24ClN3O6S/c1-12-4-5-13(19(26)23-10-15-3-2-7-31-15)9-16(12)24-18-17(22)20(27)25(21(18)28)14-6-8-32(29,30)11-14/h4-5,9,14-15,24H,2-3,6-8,10-11H2,1H3,(H,23,26). The van der Waals surface area contributed by atoms with Crippen LogP contribution in [0.3, 0.4) is 0 Å². The zero-order valence-electron chi connectivity index (χ0n) is 17.5. The summed E-state index contributed by atoms with van der Waals surface area (Å²) in [5, 5.41) is 5.43. The van der Waals surface area contributed by atoms with Gasteiger partial charge in [0.25, 0.3) is 17.7 Å². The molecular formula is C21H24ClN3O6S. The number of hydrogen-bond acceptors (Lipinski definition) is 7. The molecule has 3 aliphatic heterocycles. The summed E-state index contributed by atoms with van der Waals surface area (Å²) in [4.78, 5) is 39.0. The van der Waals surface area contributed by atoms with Crippen LogP contribution in [0.2, 0.25) is 0 Å². The van der Waals surface area contributed by atoms with Crippen molar-refractivity contribution in [3.05, 3.63) is 40.1 Å². The third-order valence-electron chi connectivity index (χ3n) is 5.91. The molecule has 3 heterocycles. The van der Waals surface area contributed by atoms with Gasteiger partial charge in [0.05, 0.1) is 23.7 Å². The van der Waals surface area contributed by atoms with E-state index >= 15 is 0 Å². The molecule has 2 N–H and O–H groups in total. The molecule has 172 valence electrons. The number of amides is 3. The molecule has 0 aliphatic carbocycles. The van der Waals surface area contributed by atoms with Gasteiger partial charge in [0.2, 0.25) is 0 Å². The lowest BCUT2D eigenvalue weighted by Crippen LogP contribution is -2.42. The average molecular weight is 482 g/mol. The first-order valence-corrected chi connectivity index (χ1v) is 12.6. The highest BCUT2D eigenvalue weighted by atomic mass is 35.5. The summed E-state index contributed by atoms with van der Waals surface area (Å²) in [5.74, 6) is -2.01. The number of aryl methyl sites for hydroxylation is 1. The van der Waals surface area contributed by atoms with Crippen molar-refractivity contribution in [3.63, 3.8) is 0 Å². The Kier molecular flexibility index (Phi) is 6.28. The number of nitrogens with zero attached hydrogens (tertiary/aromatic N) is 1. The molecule has 0 radical (unpaired) electrons. The highest BCUT2D eigenvalue weighted by Gasteiger charge is 2.45. The van der Waals surface area contributed by atoms with Crippen molar-refractivity contribution in [3.8, 4) is 0 Å². The fourth-order valence-corrected chi connectivity index (χ4v) is 6.00. The van der Waals surface area contributed by atoms with E-state index in [1.165, 1.54) is 0 Å². The molecule has 3 aliphatic rings. The zero-order chi connectivity index (χ0) is 23.0. The smallest absolute Gasteiger partial charge is 0.279 e. The predicted molar refractivity (Wildman–Crippen MR) is 118 cm³/mol. The second-order valence-electron chi connectivity index (χ2n) is 8.23. The van der Waals surface area contributed by atoms with Crippen molar-refractivity contribution in [2.24, 2.45) is 0 Å². The number of nitrogens with one attached hydrogen (secondary N) is 2. The van der Waals surface area contributed by atoms with E-state index in [1.807, 2.05) is 0 Å². The van der Waals surface area contributed by atoms with E-state index in [0.29, 0.717) is 24.4 Å². The van der Waals surface area contributed by atoms with Gasteiger partial charge >= 0.3 is 0 Å². The molecular weight excluding hydrogens is 458 g/mol. The van der Waals surface area contributed by atoms with Crippen LogP contribution < -0.4 is 10.6 Å². The predicted octanol–water partition coefficient (Wildman–Crippen LogP) is 1.32. The molecule has 11 heteroatoms. The molecule has 32 heavy (non-hydrogen) atoms. The van der Waals surface area contributed by atoms with Gasteiger partial charge in [-0.15, -0.1) is 0 Å². The second kappa shape index (κ2) is 8.84. The largest absolute Gasteiger partial charge is 0.376 e. The Balaban J connectivity index is 1.49. The van der Waals surface area contributed by atoms with E-state index in [1.54, 1.807) is 25.1 Å². The van der Waals surface area contributed by atoms with E-state index in [-0.39, 0.29) is 40.7 Å². The van der Waals surface area contributed by atoms with Crippen LogP contribution in [0.1, 0.15) is 35.2 Å². The van der Waals surface area contributed by atoms with Gasteiger partial charge in [-0.05, 0) is 43.9 Å². The van der Waals surface area contributed by atoms with Crippen LogP contribution in [-0.4, -0.2) is 67.8 Å². The summed E-state index contributed by atoms with van der Waals surface area (Å²) in [6.45, 7) is 2.90. The number of carbonyl (C=O) groups excluding carboxylic acids is 3. The molecule has 3 amide bonds. The normalized spacial score (nSPS) is 25.0. The quantitative estimate of drug-likeness (QED) is 0.587. The maximum atomic E-state index is 12.9. The molecule has 2 fully saturated rings. The van der Waals surface area contributed by atoms with Crippen molar-refractivity contribution < 1.29 is 27.5 Å². The number of sulfone groups is 1. The molecule has 1 aromatic rings. The number of benzene rings is 1. The number of rotatable bonds is 6. The number of hydrogen-bond donors (Lipinski definition) is 2. The van der Waals surface area contributed by atoms with Gasteiger partial charge in [-0.3, -0.25) is 19.3 Å². The Morgan fingerprint density at radius 1 is 1.25 bits per heavy atom. The lowest BCUT2D eigenvalue weighted by Gasteiger charge is -2.21. The molecule has 0 bridgehead atoms. The topological polar surface area (TPSA) is 122 Å². The minimum absolute atomic E-state index is 0.0125. The summed E-state index contributed by atoms with van der Waals surface area (Å²) in [7, 11) is -3.29. The lowest BCUT2D eigenvalue weighted by atomic mass is 10.1. The molecule has 0 aromatic heterocycles. The van der Waals surface area contributed by atoms with Crippen LogP contribution in [0.25, 0.3) is 0 Å². The van der Waals surface area contributed by atoms with Crippen molar-refractivity contribution in [1.29, 1.82) is 0 Å². The second-order valence-corrected chi connectivity index (χ2v) is 10.8. The van der Waals surface area contributed by atoms with E-state index in [9.17, 15) is 22.8 Å². The number of ether oxygens (including phenoxy) is 1. The van der Waals surface area contributed by atoms with Gasteiger partial charge in [0.15, 0.2) is 9.84 Å². The summed E-state index contributed by atoms with van der Waals surface area (Å²) in [6.07, 6.45) is 2.09. The first-order valence-electron chi connectivity index (χ1n) is 10.4. The maximum absolute atomic E-state index is 12.9. The maximum Gasteiger partial charge on any atom is 0.279 e. The van der Waals surface area contributed by atoms with Crippen LogP contribution in [-0.2, 0) is 24.2 Å². The van der Waals surface area contributed by atoms with Gasteiger partial charge in [-0.25, -0.2) is 8.42 Å². The number of halogens is 1. The van der Waals surface area contributed by atoms with Gasteiger partial charge in [-0.2, -0.15) is 0 Å². The third kappa shape index (κ3) is 4.53. The van der Waals surface area contributed by atoms with Crippen molar-refractivity contribution in [2.75, 3.05) is 30.0 Å². The number of imide groups is 1. The van der Waals surface area contributed by atoms with Gasteiger partial charge in [-0.1, -0.05) is 17.7 Å². The van der Waals surface area contributed by atoms with Gasteiger partial charge in [0, 0.05) is 24.4 Å². The highest BCUT2D eigenvalue weighted by molar-refractivity contribution is 7.91. The Bertz CT molecular complexity index is 1110. The minimum atomic E-state index is -3.29. The lowest BCUT2D eigenvalue weighted by molar-refractivity contribution is -0.139. The molecule has 2 saturated heterocycles. The molecule has 0 saturated carbocycles. The minimum Gasteiger partial charge on any atom is -0.376 e. The van der Waals surface area contributed by atoms with E-state index in [4.69, 9.17) is 16.3 Å². The van der Waals surface area contributed by atoms with Crippen molar-refractivity contribution in [2.45, 2.75) is 38.3 Å². The Morgan fingerprint density at radius 3 is 2.69 bits per heavy atom. The Morgan fingerprint density at radius 2 is 2.03 bits per heavy atom. The van der Waals surface area contributed by atoms with Crippen molar-refractivity contribution in [1.82, 2.24) is 10.2 Å². The molecule has 4 rings (SSSR count). The van der Waals surface area contributed by atoms with E-state index in [2.05, 4.69) is 10.6 Å². The Labute approximate surface area is 191 Å². The Hall–Kier alpha value is -2.43. The molecule has 1 aromatic carbocycles. The summed E-state index contributed by atoms with van der Waals surface area (Å²) in [5.41, 5.74) is 1.44.